The lowest BCUT2D eigenvalue weighted by Gasteiger charge is -2.46. The van der Waals surface area contributed by atoms with Crippen LogP contribution in [-0.4, -0.2) is 18.0 Å². The van der Waals surface area contributed by atoms with Crippen molar-refractivity contribution in [1.29, 1.82) is 0 Å². The third-order valence-corrected chi connectivity index (χ3v) is 4.68. The number of halogens is 3. The van der Waals surface area contributed by atoms with Gasteiger partial charge in [0.1, 0.15) is 0 Å². The highest BCUT2D eigenvalue weighted by Crippen LogP contribution is 2.52. The van der Waals surface area contributed by atoms with Crippen molar-refractivity contribution in [3.63, 3.8) is 0 Å². The van der Waals surface area contributed by atoms with Crippen LogP contribution in [0.5, 0.6) is 0 Å². The zero-order valence-corrected chi connectivity index (χ0v) is 10.8. The summed E-state index contributed by atoms with van der Waals surface area (Å²) >= 11 is 0. The summed E-state index contributed by atoms with van der Waals surface area (Å²) in [5.41, 5.74) is -0.546. The normalized spacial score (nSPS) is 36.4. The molecule has 1 unspecified atom stereocenters. The monoisotopic (exact) mass is 277 g/mol. The first kappa shape index (κ1) is 14.3. The van der Waals surface area contributed by atoms with E-state index in [1.807, 2.05) is 6.92 Å². The van der Waals surface area contributed by atoms with Gasteiger partial charge in [-0.3, -0.25) is 14.9 Å². The Kier molecular flexibility index (Phi) is 3.62. The molecule has 6 heteroatoms. The number of alkyl halides is 3. The smallest absolute Gasteiger partial charge is 0.296 e. The number of rotatable bonds is 1. The summed E-state index contributed by atoms with van der Waals surface area (Å²) in [6.45, 7) is 1.84. The number of hydrogen-bond acceptors (Lipinski definition) is 2. The zero-order valence-electron chi connectivity index (χ0n) is 10.8. The maximum Gasteiger partial charge on any atom is 0.391 e. The van der Waals surface area contributed by atoms with Crippen molar-refractivity contribution in [3.8, 4) is 0 Å². The summed E-state index contributed by atoms with van der Waals surface area (Å²) in [5, 5.41) is 2.29. The predicted molar refractivity (Wildman–Crippen MR) is 62.0 cm³/mol. The van der Waals surface area contributed by atoms with E-state index in [1.54, 1.807) is 0 Å². The van der Waals surface area contributed by atoms with Crippen LogP contribution in [0.2, 0.25) is 0 Å². The van der Waals surface area contributed by atoms with E-state index in [9.17, 15) is 22.8 Å². The minimum atomic E-state index is -4.16. The quantitative estimate of drug-likeness (QED) is 0.749. The second-order valence-electron chi connectivity index (χ2n) is 5.73. The van der Waals surface area contributed by atoms with Gasteiger partial charge in [-0.05, 0) is 37.5 Å². The first-order chi connectivity index (χ1) is 8.78. The highest BCUT2D eigenvalue weighted by Gasteiger charge is 2.52. The molecular weight excluding hydrogens is 259 g/mol. The summed E-state index contributed by atoms with van der Waals surface area (Å²) in [7, 11) is 0. The Labute approximate surface area is 109 Å². The van der Waals surface area contributed by atoms with Crippen LogP contribution in [0.25, 0.3) is 0 Å². The third kappa shape index (κ3) is 2.62. The molecule has 2 fully saturated rings. The van der Waals surface area contributed by atoms with Crippen LogP contribution in [0.3, 0.4) is 0 Å². The van der Waals surface area contributed by atoms with Gasteiger partial charge in [0, 0.05) is 12.3 Å². The standard InChI is InChI=1S/C13H18F3NO2/c1-2-9-11(19)17-10(18)7-12(9)5-3-8(4-6-12)13(14,15)16/h8-9H,2-7H2,1H3,(H,17,18,19). The molecule has 1 spiro atoms. The number of carbonyl (C=O) groups excluding carboxylic acids is 2. The molecular formula is C13H18F3NO2. The van der Waals surface area contributed by atoms with Gasteiger partial charge in [0.15, 0.2) is 0 Å². The molecule has 0 bridgehead atoms. The highest BCUT2D eigenvalue weighted by atomic mass is 19.4. The molecule has 2 aliphatic rings. The number of hydrogen-bond donors (Lipinski definition) is 1. The highest BCUT2D eigenvalue weighted by molar-refractivity contribution is 5.99. The Bertz CT molecular complexity index is 384. The van der Waals surface area contributed by atoms with E-state index in [2.05, 4.69) is 5.32 Å². The van der Waals surface area contributed by atoms with Crippen molar-refractivity contribution in [2.45, 2.75) is 51.6 Å². The summed E-state index contributed by atoms with van der Waals surface area (Å²) in [6.07, 6.45) is -2.73. The van der Waals surface area contributed by atoms with Crippen LogP contribution in [0, 0.1) is 17.3 Å². The minimum Gasteiger partial charge on any atom is -0.296 e. The fourth-order valence-electron chi connectivity index (χ4n) is 3.65. The topological polar surface area (TPSA) is 46.2 Å². The van der Waals surface area contributed by atoms with Crippen molar-refractivity contribution in [3.05, 3.63) is 0 Å². The van der Waals surface area contributed by atoms with Gasteiger partial charge >= 0.3 is 6.18 Å². The van der Waals surface area contributed by atoms with Gasteiger partial charge in [-0.1, -0.05) is 6.92 Å². The van der Waals surface area contributed by atoms with Crippen LogP contribution in [0.4, 0.5) is 13.2 Å². The van der Waals surface area contributed by atoms with Gasteiger partial charge in [-0.15, -0.1) is 0 Å². The summed E-state index contributed by atoms with van der Waals surface area (Å²) in [4.78, 5) is 23.4. The molecule has 2 rings (SSSR count). The van der Waals surface area contributed by atoms with Crippen molar-refractivity contribution >= 4 is 11.8 Å². The second kappa shape index (κ2) is 4.80. The number of nitrogens with one attached hydrogen (secondary N) is 1. The zero-order chi connectivity index (χ0) is 14.3. The van der Waals surface area contributed by atoms with Gasteiger partial charge < -0.3 is 0 Å². The van der Waals surface area contributed by atoms with Crippen molar-refractivity contribution in [2.24, 2.45) is 17.3 Å². The van der Waals surface area contributed by atoms with Gasteiger partial charge in [-0.2, -0.15) is 13.2 Å². The van der Waals surface area contributed by atoms with Crippen LogP contribution in [-0.2, 0) is 9.59 Å². The van der Waals surface area contributed by atoms with Crippen LogP contribution < -0.4 is 5.32 Å². The Morgan fingerprint density at radius 1 is 1.26 bits per heavy atom. The first-order valence-electron chi connectivity index (χ1n) is 6.69. The maximum absolute atomic E-state index is 12.7. The van der Waals surface area contributed by atoms with E-state index in [1.165, 1.54) is 0 Å². The minimum absolute atomic E-state index is 0.0283. The van der Waals surface area contributed by atoms with E-state index in [0.29, 0.717) is 19.3 Å². The number of piperidine rings is 1. The lowest BCUT2D eigenvalue weighted by molar-refractivity contribution is -0.191. The SMILES string of the molecule is CCC1C(=O)NC(=O)CC12CCC(C(F)(F)F)CC2. The summed E-state index contributed by atoms with van der Waals surface area (Å²) in [6, 6.07) is 0. The lowest BCUT2D eigenvalue weighted by Crippen LogP contribution is -2.53. The van der Waals surface area contributed by atoms with Gasteiger partial charge in [0.2, 0.25) is 11.8 Å². The molecule has 2 amide bonds. The average Bonchev–Trinajstić information content (AvgIpc) is 2.27. The third-order valence-electron chi connectivity index (χ3n) is 4.68. The van der Waals surface area contributed by atoms with Crippen LogP contribution in [0.15, 0.2) is 0 Å². The molecule has 1 N–H and O–H groups in total. The van der Waals surface area contributed by atoms with E-state index < -0.39 is 17.5 Å². The molecule has 1 heterocycles. The Hall–Kier alpha value is -1.07. The van der Waals surface area contributed by atoms with E-state index >= 15 is 0 Å². The molecule has 3 nitrogen and oxygen atoms in total. The predicted octanol–water partition coefficient (Wildman–Crippen LogP) is 2.80. The van der Waals surface area contributed by atoms with Crippen LogP contribution >= 0.6 is 0 Å². The molecule has 1 aliphatic heterocycles. The van der Waals surface area contributed by atoms with Gasteiger partial charge in [0.25, 0.3) is 0 Å². The average molecular weight is 277 g/mol. The Morgan fingerprint density at radius 3 is 2.32 bits per heavy atom. The van der Waals surface area contributed by atoms with E-state index in [0.717, 1.165) is 0 Å². The van der Waals surface area contributed by atoms with Crippen molar-refractivity contribution < 1.29 is 22.8 Å². The fourth-order valence-corrected chi connectivity index (χ4v) is 3.65. The van der Waals surface area contributed by atoms with Crippen molar-refractivity contribution in [2.75, 3.05) is 0 Å². The maximum atomic E-state index is 12.7. The molecule has 1 saturated carbocycles. The first-order valence-corrected chi connectivity index (χ1v) is 6.69. The van der Waals surface area contributed by atoms with Crippen LogP contribution in [0.1, 0.15) is 45.4 Å². The Morgan fingerprint density at radius 2 is 1.84 bits per heavy atom. The van der Waals surface area contributed by atoms with E-state index in [-0.39, 0.29) is 37.0 Å². The van der Waals surface area contributed by atoms with Gasteiger partial charge in [0.05, 0.1) is 5.92 Å². The van der Waals surface area contributed by atoms with E-state index in [4.69, 9.17) is 0 Å². The lowest BCUT2D eigenvalue weighted by atomic mass is 9.59. The Balaban J connectivity index is 2.15. The number of imide groups is 1. The summed E-state index contributed by atoms with van der Waals surface area (Å²) < 4.78 is 38.0. The fraction of sp³-hybridized carbons (Fsp3) is 0.846. The summed E-state index contributed by atoms with van der Waals surface area (Å²) in [5.74, 6) is -2.28. The number of carbonyl (C=O) groups is 2. The molecule has 1 atom stereocenters. The molecule has 1 saturated heterocycles. The molecule has 108 valence electrons. The number of amides is 2. The molecule has 0 radical (unpaired) electrons. The van der Waals surface area contributed by atoms with Gasteiger partial charge in [-0.25, -0.2) is 0 Å². The second-order valence-corrected chi connectivity index (χ2v) is 5.73. The molecule has 19 heavy (non-hydrogen) atoms. The van der Waals surface area contributed by atoms with Crippen molar-refractivity contribution in [1.82, 2.24) is 5.32 Å². The molecule has 0 aromatic heterocycles. The molecule has 0 aromatic carbocycles. The molecule has 1 aliphatic carbocycles. The largest absolute Gasteiger partial charge is 0.391 e. The molecule has 0 aromatic rings.